The van der Waals surface area contributed by atoms with E-state index in [0.29, 0.717) is 48.7 Å². The fourth-order valence-electron chi connectivity index (χ4n) is 5.55. The van der Waals surface area contributed by atoms with Crippen LogP contribution in [0.5, 0.6) is 11.5 Å². The minimum atomic E-state index is -0.881. The second kappa shape index (κ2) is 14.4. The van der Waals surface area contributed by atoms with E-state index in [4.69, 9.17) is 0 Å². The Morgan fingerprint density at radius 2 is 0.800 bits per heavy atom. The van der Waals surface area contributed by atoms with E-state index in [1.807, 2.05) is 24.3 Å². The van der Waals surface area contributed by atoms with Crippen LogP contribution in [0.4, 0.5) is 0 Å². The SMILES string of the molecule is CC(C)(C)c1cc(CCC(CSCC(CCc2cc(C(C)(C)C)c(O)c(C(C)(C)C)c2)C(=O)O)C(=O)O)cc(C(C)(C)C)c1O. The summed E-state index contributed by atoms with van der Waals surface area (Å²) in [6, 6.07) is 7.99. The molecule has 7 heteroatoms. The van der Waals surface area contributed by atoms with Crippen molar-refractivity contribution in [3.8, 4) is 11.5 Å². The lowest BCUT2D eigenvalue weighted by Crippen LogP contribution is -2.22. The summed E-state index contributed by atoms with van der Waals surface area (Å²) < 4.78 is 0. The van der Waals surface area contributed by atoms with Gasteiger partial charge in [-0.1, -0.05) is 107 Å². The molecule has 2 aromatic rings. The molecule has 0 aliphatic heterocycles. The molecule has 4 N–H and O–H groups in total. The molecule has 0 aliphatic rings. The van der Waals surface area contributed by atoms with Gasteiger partial charge in [0.25, 0.3) is 0 Å². The Morgan fingerprint density at radius 1 is 0.556 bits per heavy atom. The molecule has 2 unspecified atom stereocenters. The molecule has 45 heavy (non-hydrogen) atoms. The number of aryl methyl sites for hydroxylation is 2. The summed E-state index contributed by atoms with van der Waals surface area (Å²) in [6.45, 7) is 24.7. The van der Waals surface area contributed by atoms with Crippen LogP contribution < -0.4 is 0 Å². The smallest absolute Gasteiger partial charge is 0.307 e. The van der Waals surface area contributed by atoms with Gasteiger partial charge in [0.1, 0.15) is 11.5 Å². The average Bonchev–Trinajstić information content (AvgIpc) is 2.85. The van der Waals surface area contributed by atoms with Gasteiger partial charge in [-0.15, -0.1) is 0 Å². The second-order valence-corrected chi connectivity index (χ2v) is 17.8. The van der Waals surface area contributed by atoms with Gasteiger partial charge in [-0.25, -0.2) is 0 Å². The number of carbonyl (C=O) groups is 2. The molecule has 0 heterocycles. The Kier molecular flexibility index (Phi) is 12.3. The molecule has 2 rings (SSSR count). The third-order valence-electron chi connectivity index (χ3n) is 8.47. The summed E-state index contributed by atoms with van der Waals surface area (Å²) in [5.74, 6) is -1.72. The van der Waals surface area contributed by atoms with Crippen LogP contribution >= 0.6 is 11.8 Å². The third kappa shape index (κ3) is 10.7. The maximum Gasteiger partial charge on any atom is 0.307 e. The second-order valence-electron chi connectivity index (χ2n) is 16.8. The summed E-state index contributed by atoms with van der Waals surface area (Å²) >= 11 is 1.39. The molecule has 0 saturated carbocycles. The molecule has 2 atom stereocenters. The Balaban J connectivity index is 2.15. The zero-order valence-corrected chi connectivity index (χ0v) is 30.5. The van der Waals surface area contributed by atoms with Crippen LogP contribution in [0, 0.1) is 11.8 Å². The first kappa shape index (κ1) is 38.5. The predicted octanol–water partition coefficient (Wildman–Crippen LogP) is 8.99. The number of carboxylic acid groups (broad SMARTS) is 2. The molecule has 0 spiro atoms. The highest BCUT2D eigenvalue weighted by Gasteiger charge is 2.29. The fraction of sp³-hybridized carbons (Fsp3) is 0.632. The van der Waals surface area contributed by atoms with Gasteiger partial charge in [0.05, 0.1) is 11.8 Å². The number of hydrogen-bond acceptors (Lipinski definition) is 5. The lowest BCUT2D eigenvalue weighted by Gasteiger charge is -2.28. The van der Waals surface area contributed by atoms with Crippen LogP contribution in [-0.4, -0.2) is 43.9 Å². The van der Waals surface area contributed by atoms with Crippen LogP contribution in [0.2, 0.25) is 0 Å². The van der Waals surface area contributed by atoms with Crippen molar-refractivity contribution in [1.82, 2.24) is 0 Å². The van der Waals surface area contributed by atoms with Gasteiger partial charge >= 0.3 is 11.9 Å². The molecular weight excluding hydrogens is 584 g/mol. The van der Waals surface area contributed by atoms with Gasteiger partial charge in [0, 0.05) is 11.5 Å². The minimum Gasteiger partial charge on any atom is -0.507 e. The van der Waals surface area contributed by atoms with E-state index in [0.717, 1.165) is 33.4 Å². The Morgan fingerprint density at radius 3 is 1.00 bits per heavy atom. The maximum atomic E-state index is 12.2. The van der Waals surface area contributed by atoms with Crippen molar-refractivity contribution < 1.29 is 30.0 Å². The van der Waals surface area contributed by atoms with E-state index in [1.54, 1.807) is 0 Å². The molecule has 0 bridgehead atoms. The van der Waals surface area contributed by atoms with Crippen molar-refractivity contribution in [2.45, 2.75) is 130 Å². The van der Waals surface area contributed by atoms with E-state index in [2.05, 4.69) is 83.1 Å². The van der Waals surface area contributed by atoms with E-state index in [1.165, 1.54) is 11.8 Å². The van der Waals surface area contributed by atoms with Crippen LogP contribution in [0.15, 0.2) is 24.3 Å². The van der Waals surface area contributed by atoms with Gasteiger partial charge in [-0.05, 0) is 80.7 Å². The average molecular weight is 643 g/mol. The normalized spacial score (nSPS) is 14.3. The lowest BCUT2D eigenvalue weighted by atomic mass is 9.78. The molecule has 2 aromatic carbocycles. The first-order valence-electron chi connectivity index (χ1n) is 16.1. The van der Waals surface area contributed by atoms with E-state index >= 15 is 0 Å². The monoisotopic (exact) mass is 642 g/mol. The number of rotatable bonds is 12. The quantitative estimate of drug-likeness (QED) is 0.183. The number of aromatic hydroxyl groups is 2. The van der Waals surface area contributed by atoms with Gasteiger partial charge in [0.2, 0.25) is 0 Å². The van der Waals surface area contributed by atoms with E-state index < -0.39 is 23.8 Å². The number of thioether (sulfide) groups is 1. The first-order valence-corrected chi connectivity index (χ1v) is 17.3. The number of aliphatic carboxylic acids is 2. The topological polar surface area (TPSA) is 115 Å². The molecule has 0 radical (unpaired) electrons. The largest absolute Gasteiger partial charge is 0.507 e. The molecule has 0 amide bonds. The number of phenolic OH excluding ortho intramolecular Hbond substituents is 2. The van der Waals surface area contributed by atoms with Gasteiger partial charge < -0.3 is 20.4 Å². The summed E-state index contributed by atoms with van der Waals surface area (Å²) in [6.07, 6.45) is 1.96. The standard InChI is InChI=1S/C38H58O6S/c1-35(2,3)27-17-23(18-28(31(27)39)36(4,5)6)13-15-25(33(41)42)21-45-22-26(34(43)44)16-14-24-19-29(37(7,8)9)32(40)30(20-24)38(10,11)12/h17-20,25-26,39-40H,13-16,21-22H2,1-12H3,(H,41,42)(H,43,44). The Hall–Kier alpha value is -2.67. The molecular formula is C38H58O6S. The van der Waals surface area contributed by atoms with Crippen LogP contribution in [0.3, 0.4) is 0 Å². The predicted molar refractivity (Wildman–Crippen MR) is 187 cm³/mol. The Labute approximate surface area is 276 Å². The van der Waals surface area contributed by atoms with Crippen LogP contribution in [0.1, 0.15) is 129 Å². The number of benzene rings is 2. The summed E-state index contributed by atoms with van der Waals surface area (Å²) in [7, 11) is 0. The van der Waals surface area contributed by atoms with Crippen LogP contribution in [-0.2, 0) is 44.1 Å². The molecule has 0 aliphatic carbocycles. The summed E-state index contributed by atoms with van der Waals surface area (Å²) in [5.41, 5.74) is 4.35. The Bertz CT molecular complexity index is 1170. The van der Waals surface area contributed by atoms with Crippen molar-refractivity contribution in [3.05, 3.63) is 57.6 Å². The summed E-state index contributed by atoms with van der Waals surface area (Å²) in [5, 5.41) is 42.1. The van der Waals surface area contributed by atoms with Gasteiger partial charge in [-0.3, -0.25) is 9.59 Å². The zero-order valence-electron chi connectivity index (χ0n) is 29.7. The third-order valence-corrected chi connectivity index (χ3v) is 9.75. The van der Waals surface area contributed by atoms with E-state index in [-0.39, 0.29) is 21.7 Å². The van der Waals surface area contributed by atoms with Crippen molar-refractivity contribution in [1.29, 1.82) is 0 Å². The lowest BCUT2D eigenvalue weighted by molar-refractivity contribution is -0.141. The van der Waals surface area contributed by atoms with Gasteiger partial charge in [0.15, 0.2) is 0 Å². The number of phenols is 2. The molecule has 252 valence electrons. The fourth-order valence-corrected chi connectivity index (χ4v) is 6.88. The molecule has 0 aromatic heterocycles. The molecule has 6 nitrogen and oxygen atoms in total. The highest BCUT2D eigenvalue weighted by Crippen LogP contribution is 2.41. The maximum absolute atomic E-state index is 12.2. The highest BCUT2D eigenvalue weighted by molar-refractivity contribution is 7.99. The van der Waals surface area contributed by atoms with E-state index in [9.17, 15) is 30.0 Å². The van der Waals surface area contributed by atoms with Crippen LogP contribution in [0.25, 0.3) is 0 Å². The number of carboxylic acids is 2. The number of hydrogen-bond donors (Lipinski definition) is 4. The van der Waals surface area contributed by atoms with Crippen molar-refractivity contribution in [2.24, 2.45) is 11.8 Å². The van der Waals surface area contributed by atoms with Crippen molar-refractivity contribution in [3.63, 3.8) is 0 Å². The minimum absolute atomic E-state index is 0.267. The zero-order chi connectivity index (χ0) is 34.7. The van der Waals surface area contributed by atoms with Gasteiger partial charge in [-0.2, -0.15) is 11.8 Å². The first-order chi connectivity index (χ1) is 20.3. The highest BCUT2D eigenvalue weighted by atomic mass is 32.2. The summed E-state index contributed by atoms with van der Waals surface area (Å²) in [4.78, 5) is 24.4. The molecule has 0 saturated heterocycles. The molecule has 0 fully saturated rings. The van der Waals surface area contributed by atoms with Crippen molar-refractivity contribution in [2.75, 3.05) is 11.5 Å². The van der Waals surface area contributed by atoms with Crippen molar-refractivity contribution >= 4 is 23.7 Å².